The molecule has 4 nitrogen and oxygen atoms in total. The van der Waals surface area contributed by atoms with Gasteiger partial charge in [-0.3, -0.25) is 9.59 Å². The topological polar surface area (TPSA) is 52.6 Å². The summed E-state index contributed by atoms with van der Waals surface area (Å²) in [6, 6.07) is 13.7. The molecule has 0 aliphatic rings. The van der Waals surface area contributed by atoms with Crippen LogP contribution in [-0.2, 0) is 14.3 Å². The normalized spacial score (nSPS) is 10.8. The van der Waals surface area contributed by atoms with Gasteiger partial charge in [0, 0.05) is 18.2 Å². The quantitative estimate of drug-likeness (QED) is 0.204. The number of fused-ring (bicyclic) bond motifs is 1. The summed E-state index contributed by atoms with van der Waals surface area (Å²) >= 11 is 0. The Labute approximate surface area is 174 Å². The van der Waals surface area contributed by atoms with E-state index < -0.39 is 0 Å². The van der Waals surface area contributed by atoms with E-state index in [9.17, 15) is 9.59 Å². The first-order valence-corrected chi connectivity index (χ1v) is 11.0. The fourth-order valence-electron chi connectivity index (χ4n) is 3.31. The van der Waals surface area contributed by atoms with Crippen molar-refractivity contribution in [1.29, 1.82) is 0 Å². The van der Waals surface area contributed by atoms with Gasteiger partial charge in [-0.2, -0.15) is 0 Å². The molecule has 0 fully saturated rings. The van der Waals surface area contributed by atoms with Crippen molar-refractivity contribution in [3.8, 4) is 5.75 Å². The molecule has 0 aliphatic carbocycles. The minimum atomic E-state index is -0.174. The van der Waals surface area contributed by atoms with E-state index in [4.69, 9.17) is 9.47 Å². The van der Waals surface area contributed by atoms with Crippen molar-refractivity contribution in [3.05, 3.63) is 42.5 Å². The average Bonchev–Trinajstić information content (AvgIpc) is 2.73. The van der Waals surface area contributed by atoms with E-state index in [1.54, 1.807) is 0 Å². The van der Waals surface area contributed by atoms with E-state index in [-0.39, 0.29) is 11.9 Å². The van der Waals surface area contributed by atoms with Crippen LogP contribution in [0.1, 0.15) is 77.6 Å². The van der Waals surface area contributed by atoms with Gasteiger partial charge in [0.15, 0.2) is 0 Å². The molecule has 0 amide bonds. The number of esters is 2. The Bertz CT molecular complexity index is 748. The van der Waals surface area contributed by atoms with Gasteiger partial charge in [0.25, 0.3) is 0 Å². The molecule has 0 radical (unpaired) electrons. The van der Waals surface area contributed by atoms with Crippen LogP contribution >= 0.6 is 0 Å². The van der Waals surface area contributed by atoms with Crippen molar-refractivity contribution in [2.45, 2.75) is 77.6 Å². The van der Waals surface area contributed by atoms with E-state index >= 15 is 0 Å². The van der Waals surface area contributed by atoms with E-state index in [1.165, 1.54) is 0 Å². The minimum Gasteiger partial charge on any atom is -0.466 e. The lowest BCUT2D eigenvalue weighted by Crippen LogP contribution is -2.07. The van der Waals surface area contributed by atoms with Crippen LogP contribution in [0.25, 0.3) is 10.8 Å². The summed E-state index contributed by atoms with van der Waals surface area (Å²) in [5.74, 6) is 0.388. The number of rotatable bonds is 14. The molecule has 0 saturated heterocycles. The highest BCUT2D eigenvalue weighted by atomic mass is 16.5. The maximum atomic E-state index is 12.1. The minimum absolute atomic E-state index is 0.0720. The van der Waals surface area contributed by atoms with Gasteiger partial charge < -0.3 is 9.47 Å². The molecule has 0 N–H and O–H groups in total. The molecule has 0 unspecified atom stereocenters. The molecule has 0 saturated carbocycles. The lowest BCUT2D eigenvalue weighted by atomic mass is 10.1. The second-order valence-electron chi connectivity index (χ2n) is 7.50. The maximum absolute atomic E-state index is 12.1. The summed E-state index contributed by atoms with van der Waals surface area (Å²) in [6.07, 6.45) is 10.1. The second-order valence-corrected chi connectivity index (χ2v) is 7.50. The second kappa shape index (κ2) is 13.8. The number of ether oxygens (including phenoxy) is 2. The Morgan fingerprint density at radius 1 is 0.724 bits per heavy atom. The fraction of sp³-hybridized carbons (Fsp3) is 0.520. The molecule has 158 valence electrons. The van der Waals surface area contributed by atoms with E-state index in [0.29, 0.717) is 25.2 Å². The molecule has 29 heavy (non-hydrogen) atoms. The molecule has 0 aromatic heterocycles. The number of hydrogen-bond acceptors (Lipinski definition) is 4. The Morgan fingerprint density at radius 3 is 2.14 bits per heavy atom. The summed E-state index contributed by atoms with van der Waals surface area (Å²) in [7, 11) is 0. The van der Waals surface area contributed by atoms with Crippen molar-refractivity contribution >= 4 is 22.7 Å². The molecular weight excluding hydrogens is 364 g/mol. The highest BCUT2D eigenvalue weighted by Crippen LogP contribution is 2.25. The first kappa shape index (κ1) is 22.9. The molecule has 2 rings (SSSR count). The smallest absolute Gasteiger partial charge is 0.311 e. The highest BCUT2D eigenvalue weighted by Gasteiger charge is 2.08. The largest absolute Gasteiger partial charge is 0.466 e. The van der Waals surface area contributed by atoms with Crippen molar-refractivity contribution in [1.82, 2.24) is 0 Å². The third-order valence-corrected chi connectivity index (χ3v) is 5.00. The standard InChI is InChI=1S/C25H34O4/c1-2-3-12-20-28-24(26)18-8-6-4-5-7-9-19-25(27)29-23-17-13-15-21-14-10-11-16-22(21)23/h10-11,13-17H,2-9,12,18-20H2,1H3. The summed E-state index contributed by atoms with van der Waals surface area (Å²) in [4.78, 5) is 23.7. The number of benzene rings is 2. The highest BCUT2D eigenvalue weighted by molar-refractivity contribution is 5.90. The molecule has 0 spiro atoms. The van der Waals surface area contributed by atoms with E-state index in [0.717, 1.165) is 68.6 Å². The van der Waals surface area contributed by atoms with Gasteiger partial charge in [0.2, 0.25) is 0 Å². The number of hydrogen-bond donors (Lipinski definition) is 0. The van der Waals surface area contributed by atoms with E-state index in [1.807, 2.05) is 42.5 Å². The summed E-state index contributed by atoms with van der Waals surface area (Å²) < 4.78 is 10.8. The van der Waals surface area contributed by atoms with Gasteiger partial charge in [0.1, 0.15) is 5.75 Å². The van der Waals surface area contributed by atoms with Crippen molar-refractivity contribution in [2.75, 3.05) is 6.61 Å². The third-order valence-electron chi connectivity index (χ3n) is 5.00. The van der Waals surface area contributed by atoms with Gasteiger partial charge in [-0.15, -0.1) is 0 Å². The van der Waals surface area contributed by atoms with Gasteiger partial charge in [0.05, 0.1) is 6.61 Å². The van der Waals surface area contributed by atoms with Gasteiger partial charge in [-0.25, -0.2) is 0 Å². The molecule has 2 aromatic carbocycles. The van der Waals surface area contributed by atoms with Crippen molar-refractivity contribution < 1.29 is 19.1 Å². The van der Waals surface area contributed by atoms with Crippen LogP contribution in [0.2, 0.25) is 0 Å². The summed E-state index contributed by atoms with van der Waals surface area (Å²) in [5, 5.41) is 2.04. The van der Waals surface area contributed by atoms with Crippen LogP contribution < -0.4 is 4.74 Å². The Balaban J connectivity index is 1.50. The van der Waals surface area contributed by atoms with Gasteiger partial charge in [-0.1, -0.05) is 81.8 Å². The van der Waals surface area contributed by atoms with Crippen LogP contribution in [0.4, 0.5) is 0 Å². The van der Waals surface area contributed by atoms with Gasteiger partial charge in [-0.05, 0) is 30.7 Å². The zero-order valence-electron chi connectivity index (χ0n) is 17.7. The van der Waals surface area contributed by atoms with Crippen LogP contribution in [0.5, 0.6) is 5.75 Å². The van der Waals surface area contributed by atoms with Crippen LogP contribution in [0, 0.1) is 0 Å². The molecule has 0 atom stereocenters. The van der Waals surface area contributed by atoms with Crippen molar-refractivity contribution in [3.63, 3.8) is 0 Å². The first-order valence-electron chi connectivity index (χ1n) is 11.0. The zero-order valence-corrected chi connectivity index (χ0v) is 17.7. The Morgan fingerprint density at radius 2 is 1.38 bits per heavy atom. The summed E-state index contributed by atoms with van der Waals surface area (Å²) in [6.45, 7) is 2.69. The number of unbranched alkanes of at least 4 members (excludes halogenated alkanes) is 7. The Hall–Kier alpha value is -2.36. The SMILES string of the molecule is CCCCCOC(=O)CCCCCCCCC(=O)Oc1cccc2ccccc12. The molecular formula is C25H34O4. The third kappa shape index (κ3) is 9.12. The monoisotopic (exact) mass is 398 g/mol. The van der Waals surface area contributed by atoms with Gasteiger partial charge >= 0.3 is 11.9 Å². The zero-order chi connectivity index (χ0) is 20.7. The first-order chi connectivity index (χ1) is 14.2. The predicted octanol–water partition coefficient (Wildman–Crippen LogP) is 6.60. The molecule has 0 heterocycles. The fourth-order valence-corrected chi connectivity index (χ4v) is 3.31. The van der Waals surface area contributed by atoms with Crippen LogP contribution in [0.3, 0.4) is 0 Å². The number of carbonyl (C=O) groups is 2. The number of carbonyl (C=O) groups excluding carboxylic acids is 2. The van der Waals surface area contributed by atoms with Crippen LogP contribution in [0.15, 0.2) is 42.5 Å². The molecule has 0 bridgehead atoms. The van der Waals surface area contributed by atoms with Crippen LogP contribution in [-0.4, -0.2) is 18.5 Å². The van der Waals surface area contributed by atoms with Crippen molar-refractivity contribution in [2.24, 2.45) is 0 Å². The molecule has 2 aromatic rings. The predicted molar refractivity (Wildman–Crippen MR) is 117 cm³/mol. The average molecular weight is 399 g/mol. The molecule has 4 heteroatoms. The lowest BCUT2D eigenvalue weighted by molar-refractivity contribution is -0.144. The lowest BCUT2D eigenvalue weighted by Gasteiger charge is -2.08. The summed E-state index contributed by atoms with van der Waals surface area (Å²) in [5.41, 5.74) is 0. The Kier molecular flexibility index (Phi) is 10.9. The maximum Gasteiger partial charge on any atom is 0.311 e. The molecule has 0 aliphatic heterocycles. The van der Waals surface area contributed by atoms with E-state index in [2.05, 4.69) is 6.92 Å².